The van der Waals surface area contributed by atoms with Gasteiger partial charge in [-0.25, -0.2) is 0 Å². The molecule has 2 unspecified atom stereocenters. The van der Waals surface area contributed by atoms with Gasteiger partial charge in [-0.15, -0.1) is 6.58 Å². The van der Waals surface area contributed by atoms with Crippen LogP contribution in [0.3, 0.4) is 0 Å². The Morgan fingerprint density at radius 1 is 1.40 bits per heavy atom. The Balaban J connectivity index is 3.54. The van der Waals surface area contributed by atoms with E-state index in [9.17, 15) is 0 Å². The summed E-state index contributed by atoms with van der Waals surface area (Å²) in [5, 5.41) is 17.8. The van der Waals surface area contributed by atoms with E-state index in [0.29, 0.717) is 6.42 Å². The molecule has 2 heteroatoms. The van der Waals surface area contributed by atoms with Gasteiger partial charge in [0.05, 0.1) is 12.2 Å². The Hall–Kier alpha value is -0.600. The van der Waals surface area contributed by atoms with Crippen molar-refractivity contribution in [1.82, 2.24) is 0 Å². The highest BCUT2D eigenvalue weighted by atomic mass is 16.3. The molecule has 2 nitrogen and oxygen atoms in total. The third kappa shape index (κ3) is 5.54. The molecule has 58 valence electrons. The molecule has 0 radical (unpaired) electrons. The van der Waals surface area contributed by atoms with Crippen molar-refractivity contribution in [3.05, 3.63) is 24.8 Å². The van der Waals surface area contributed by atoms with E-state index >= 15 is 0 Å². The molecule has 0 bridgehead atoms. The predicted octanol–water partition coefficient (Wildman–Crippen LogP) is 0.860. The molecular formula is C8H14O2. The smallest absolute Gasteiger partial charge is 0.0756 e. The van der Waals surface area contributed by atoms with Crippen molar-refractivity contribution in [2.75, 3.05) is 0 Å². The van der Waals surface area contributed by atoms with E-state index in [4.69, 9.17) is 10.2 Å². The average molecular weight is 142 g/mol. The van der Waals surface area contributed by atoms with Crippen molar-refractivity contribution in [2.45, 2.75) is 25.6 Å². The van der Waals surface area contributed by atoms with Crippen LogP contribution in [0, 0.1) is 0 Å². The van der Waals surface area contributed by atoms with Crippen LogP contribution in [0.2, 0.25) is 0 Å². The molecule has 0 aromatic rings. The zero-order valence-electron chi connectivity index (χ0n) is 6.20. The fraction of sp³-hybridized carbons (Fsp3) is 0.500. The van der Waals surface area contributed by atoms with Gasteiger partial charge >= 0.3 is 0 Å². The van der Waals surface area contributed by atoms with E-state index in [-0.39, 0.29) is 0 Å². The number of aliphatic hydroxyl groups is 2. The molecule has 0 heterocycles. The fourth-order valence-electron chi connectivity index (χ4n) is 0.538. The fourth-order valence-corrected chi connectivity index (χ4v) is 0.538. The quantitative estimate of drug-likeness (QED) is 0.571. The summed E-state index contributed by atoms with van der Waals surface area (Å²) in [6.07, 6.45) is 4.28. The minimum atomic E-state index is -0.507. The summed E-state index contributed by atoms with van der Waals surface area (Å²) in [7, 11) is 0. The molecule has 0 aliphatic rings. The zero-order valence-corrected chi connectivity index (χ0v) is 6.20. The van der Waals surface area contributed by atoms with Gasteiger partial charge < -0.3 is 10.2 Å². The van der Waals surface area contributed by atoms with Gasteiger partial charge in [-0.3, -0.25) is 0 Å². The molecule has 0 aliphatic carbocycles. The van der Waals surface area contributed by atoms with Gasteiger partial charge in [0.1, 0.15) is 0 Å². The van der Waals surface area contributed by atoms with Crippen molar-refractivity contribution in [3.63, 3.8) is 0 Å². The molecule has 0 aliphatic heterocycles. The minimum Gasteiger partial charge on any atom is -0.389 e. The highest BCUT2D eigenvalue weighted by Crippen LogP contribution is 1.94. The minimum absolute atomic E-state index is 0.487. The van der Waals surface area contributed by atoms with Gasteiger partial charge in [0, 0.05) is 0 Å². The van der Waals surface area contributed by atoms with Gasteiger partial charge in [0.15, 0.2) is 0 Å². The van der Waals surface area contributed by atoms with Crippen molar-refractivity contribution < 1.29 is 10.2 Å². The molecule has 10 heavy (non-hydrogen) atoms. The van der Waals surface area contributed by atoms with Crippen LogP contribution in [-0.2, 0) is 0 Å². The molecular weight excluding hydrogens is 128 g/mol. The average Bonchev–Trinajstić information content (AvgIpc) is 1.85. The number of rotatable bonds is 4. The Labute approximate surface area is 61.5 Å². The van der Waals surface area contributed by atoms with E-state index in [1.807, 2.05) is 0 Å². The highest BCUT2D eigenvalue weighted by molar-refractivity contribution is 4.94. The highest BCUT2D eigenvalue weighted by Gasteiger charge is 1.94. The lowest BCUT2D eigenvalue weighted by atomic mass is 10.2. The molecule has 0 aromatic heterocycles. The molecule has 2 N–H and O–H groups in total. The molecule has 0 fully saturated rings. The maximum atomic E-state index is 9.03. The number of hydrogen-bond donors (Lipinski definition) is 2. The van der Waals surface area contributed by atoms with Gasteiger partial charge in [0.2, 0.25) is 0 Å². The summed E-state index contributed by atoms with van der Waals surface area (Å²) in [6, 6.07) is 0. The van der Waals surface area contributed by atoms with Crippen LogP contribution < -0.4 is 0 Å². The molecule has 0 rings (SSSR count). The van der Waals surface area contributed by atoms with Crippen LogP contribution in [-0.4, -0.2) is 22.4 Å². The van der Waals surface area contributed by atoms with E-state index < -0.39 is 12.2 Å². The first-order chi connectivity index (χ1) is 4.66. The first-order valence-corrected chi connectivity index (χ1v) is 3.32. The maximum absolute atomic E-state index is 9.03. The van der Waals surface area contributed by atoms with Gasteiger partial charge in [-0.05, 0) is 13.3 Å². The molecule has 0 spiro atoms. The third-order valence-corrected chi connectivity index (χ3v) is 1.02. The van der Waals surface area contributed by atoms with Crippen LogP contribution >= 0.6 is 0 Å². The number of hydrogen-bond acceptors (Lipinski definition) is 2. The SMILES string of the molecule is C=CCC(O)/C=C/C(C)O. The molecule has 0 amide bonds. The summed E-state index contributed by atoms with van der Waals surface area (Å²) < 4.78 is 0. The van der Waals surface area contributed by atoms with Crippen LogP contribution in [0.25, 0.3) is 0 Å². The predicted molar refractivity (Wildman–Crippen MR) is 41.6 cm³/mol. The lowest BCUT2D eigenvalue weighted by Crippen LogP contribution is -2.02. The molecule has 2 atom stereocenters. The summed E-state index contributed by atoms with van der Waals surface area (Å²) in [4.78, 5) is 0. The molecule has 0 aromatic carbocycles. The Morgan fingerprint density at radius 2 is 2.00 bits per heavy atom. The normalized spacial score (nSPS) is 17.1. The summed E-state index contributed by atoms with van der Waals surface area (Å²) in [5.74, 6) is 0. The lowest BCUT2D eigenvalue weighted by Gasteiger charge is -2.00. The Kier molecular flexibility index (Phi) is 4.89. The Bertz CT molecular complexity index is 116. The van der Waals surface area contributed by atoms with E-state index in [1.54, 1.807) is 25.2 Å². The monoisotopic (exact) mass is 142 g/mol. The largest absolute Gasteiger partial charge is 0.389 e. The molecule has 0 saturated heterocycles. The van der Waals surface area contributed by atoms with Crippen LogP contribution in [0.4, 0.5) is 0 Å². The summed E-state index contributed by atoms with van der Waals surface area (Å²) in [5.41, 5.74) is 0. The second kappa shape index (κ2) is 5.21. The van der Waals surface area contributed by atoms with Crippen LogP contribution in [0.15, 0.2) is 24.8 Å². The summed E-state index contributed by atoms with van der Waals surface area (Å²) in [6.45, 7) is 5.11. The number of aliphatic hydroxyl groups excluding tert-OH is 2. The molecule has 0 saturated carbocycles. The van der Waals surface area contributed by atoms with Crippen molar-refractivity contribution in [3.8, 4) is 0 Å². The first kappa shape index (κ1) is 9.40. The van der Waals surface area contributed by atoms with Crippen LogP contribution in [0.5, 0.6) is 0 Å². The second-order valence-corrected chi connectivity index (χ2v) is 2.22. The van der Waals surface area contributed by atoms with E-state index in [1.165, 1.54) is 0 Å². The Morgan fingerprint density at radius 3 is 2.40 bits per heavy atom. The zero-order chi connectivity index (χ0) is 7.98. The van der Waals surface area contributed by atoms with Crippen molar-refractivity contribution in [2.24, 2.45) is 0 Å². The standard InChI is InChI=1S/C8H14O2/c1-3-4-8(10)6-5-7(2)9/h3,5-10H,1,4H2,2H3/b6-5+. The topological polar surface area (TPSA) is 40.5 Å². The van der Waals surface area contributed by atoms with E-state index in [0.717, 1.165) is 0 Å². The maximum Gasteiger partial charge on any atom is 0.0756 e. The third-order valence-electron chi connectivity index (χ3n) is 1.02. The first-order valence-electron chi connectivity index (χ1n) is 3.32. The van der Waals surface area contributed by atoms with E-state index in [2.05, 4.69) is 6.58 Å². The lowest BCUT2D eigenvalue weighted by molar-refractivity contribution is 0.217. The van der Waals surface area contributed by atoms with Gasteiger partial charge in [0.25, 0.3) is 0 Å². The van der Waals surface area contributed by atoms with Gasteiger partial charge in [-0.1, -0.05) is 18.2 Å². The van der Waals surface area contributed by atoms with Crippen LogP contribution in [0.1, 0.15) is 13.3 Å². The van der Waals surface area contributed by atoms with Gasteiger partial charge in [-0.2, -0.15) is 0 Å². The summed E-state index contributed by atoms with van der Waals surface area (Å²) >= 11 is 0. The second-order valence-electron chi connectivity index (χ2n) is 2.22. The van der Waals surface area contributed by atoms with Crippen molar-refractivity contribution in [1.29, 1.82) is 0 Å². The van der Waals surface area contributed by atoms with Crippen molar-refractivity contribution >= 4 is 0 Å².